The van der Waals surface area contributed by atoms with E-state index in [0.29, 0.717) is 11.5 Å². The smallest absolute Gasteiger partial charge is 0.127 e. The predicted octanol–water partition coefficient (Wildman–Crippen LogP) is 2.84. The lowest BCUT2D eigenvalue weighted by atomic mass is 9.76. The van der Waals surface area contributed by atoms with Crippen molar-refractivity contribution in [1.82, 2.24) is 0 Å². The van der Waals surface area contributed by atoms with Gasteiger partial charge >= 0.3 is 0 Å². The van der Waals surface area contributed by atoms with E-state index in [1.807, 2.05) is 0 Å². The van der Waals surface area contributed by atoms with Gasteiger partial charge in [0.1, 0.15) is 5.82 Å². The number of hydrogen-bond donors (Lipinski definition) is 2. The van der Waals surface area contributed by atoms with Crippen molar-refractivity contribution < 1.29 is 9.50 Å². The van der Waals surface area contributed by atoms with Gasteiger partial charge in [-0.15, -0.1) is 0 Å². The zero-order chi connectivity index (χ0) is 13.6. The van der Waals surface area contributed by atoms with E-state index in [4.69, 9.17) is 5.73 Å². The first-order valence-corrected chi connectivity index (χ1v) is 6.61. The van der Waals surface area contributed by atoms with Gasteiger partial charge in [0.05, 0.1) is 6.61 Å². The molecule has 0 aliphatic heterocycles. The van der Waals surface area contributed by atoms with Crippen LogP contribution in [-0.2, 0) is 5.41 Å². The van der Waals surface area contributed by atoms with Crippen molar-refractivity contribution in [2.45, 2.75) is 38.5 Å². The van der Waals surface area contributed by atoms with E-state index in [-0.39, 0.29) is 19.0 Å². The SMILES string of the molecule is CC(C)CCCC(CN)(CO)c1ccccc1F. The Morgan fingerprint density at radius 1 is 1.33 bits per heavy atom. The highest BCUT2D eigenvalue weighted by atomic mass is 19.1. The highest BCUT2D eigenvalue weighted by molar-refractivity contribution is 5.28. The van der Waals surface area contributed by atoms with Gasteiger partial charge in [-0.3, -0.25) is 0 Å². The monoisotopic (exact) mass is 253 g/mol. The summed E-state index contributed by atoms with van der Waals surface area (Å²) in [5.74, 6) is 0.335. The molecule has 3 heteroatoms. The lowest BCUT2D eigenvalue weighted by Crippen LogP contribution is -2.39. The third kappa shape index (κ3) is 3.53. The zero-order valence-corrected chi connectivity index (χ0v) is 11.3. The van der Waals surface area contributed by atoms with Crippen molar-refractivity contribution in [3.63, 3.8) is 0 Å². The number of aliphatic hydroxyl groups is 1. The fraction of sp³-hybridized carbons (Fsp3) is 0.600. The molecule has 1 rings (SSSR count). The maximum Gasteiger partial charge on any atom is 0.127 e. The number of halogens is 1. The minimum atomic E-state index is -0.639. The van der Waals surface area contributed by atoms with E-state index < -0.39 is 5.41 Å². The first-order valence-electron chi connectivity index (χ1n) is 6.61. The molecule has 0 fully saturated rings. The van der Waals surface area contributed by atoms with Crippen molar-refractivity contribution >= 4 is 0 Å². The maximum absolute atomic E-state index is 13.9. The quantitative estimate of drug-likeness (QED) is 0.785. The maximum atomic E-state index is 13.9. The number of nitrogens with two attached hydrogens (primary N) is 1. The summed E-state index contributed by atoms with van der Waals surface area (Å²) in [5, 5.41) is 9.67. The van der Waals surface area contributed by atoms with Crippen LogP contribution < -0.4 is 5.73 Å². The minimum absolute atomic E-state index is 0.109. The highest BCUT2D eigenvalue weighted by Crippen LogP contribution is 2.31. The van der Waals surface area contributed by atoms with Crippen molar-refractivity contribution in [3.8, 4) is 0 Å². The molecule has 0 spiro atoms. The van der Waals surface area contributed by atoms with Gasteiger partial charge in [0.15, 0.2) is 0 Å². The standard InChI is InChI=1S/C15H24FNO/c1-12(2)6-5-9-15(10-17,11-18)13-7-3-4-8-14(13)16/h3-4,7-8,12,18H,5-6,9-11,17H2,1-2H3. The highest BCUT2D eigenvalue weighted by Gasteiger charge is 2.32. The topological polar surface area (TPSA) is 46.2 Å². The molecule has 102 valence electrons. The molecule has 0 heterocycles. The Morgan fingerprint density at radius 3 is 2.50 bits per heavy atom. The predicted molar refractivity (Wildman–Crippen MR) is 72.9 cm³/mol. The van der Waals surface area contributed by atoms with Crippen molar-refractivity contribution in [2.75, 3.05) is 13.2 Å². The lowest BCUT2D eigenvalue weighted by molar-refractivity contribution is 0.180. The fourth-order valence-electron chi connectivity index (χ4n) is 2.32. The van der Waals surface area contributed by atoms with Crippen LogP contribution in [0, 0.1) is 11.7 Å². The van der Waals surface area contributed by atoms with Gasteiger partial charge in [0.2, 0.25) is 0 Å². The van der Waals surface area contributed by atoms with Gasteiger partial charge in [-0.2, -0.15) is 0 Å². The van der Waals surface area contributed by atoms with Gasteiger partial charge < -0.3 is 10.8 Å². The van der Waals surface area contributed by atoms with Crippen LogP contribution in [0.15, 0.2) is 24.3 Å². The van der Waals surface area contributed by atoms with Gasteiger partial charge in [-0.25, -0.2) is 4.39 Å². The van der Waals surface area contributed by atoms with Crippen LogP contribution >= 0.6 is 0 Å². The van der Waals surface area contributed by atoms with Crippen LogP contribution in [0.5, 0.6) is 0 Å². The van der Waals surface area contributed by atoms with Crippen LogP contribution in [0.3, 0.4) is 0 Å². The van der Waals surface area contributed by atoms with E-state index in [2.05, 4.69) is 13.8 Å². The Labute approximate surface area is 109 Å². The molecule has 0 saturated carbocycles. The second-order valence-electron chi connectivity index (χ2n) is 5.41. The lowest BCUT2D eigenvalue weighted by Gasteiger charge is -2.31. The van der Waals surface area contributed by atoms with E-state index >= 15 is 0 Å². The molecule has 2 nitrogen and oxygen atoms in total. The van der Waals surface area contributed by atoms with Crippen molar-refractivity contribution in [2.24, 2.45) is 11.7 Å². The molecule has 0 amide bonds. The molecular weight excluding hydrogens is 229 g/mol. The van der Waals surface area contributed by atoms with E-state index in [1.165, 1.54) is 6.07 Å². The normalized spacial score (nSPS) is 14.8. The Bertz CT molecular complexity index is 361. The molecule has 1 atom stereocenters. The number of aliphatic hydroxyl groups excluding tert-OH is 1. The summed E-state index contributed by atoms with van der Waals surface area (Å²) >= 11 is 0. The third-order valence-electron chi connectivity index (χ3n) is 3.58. The summed E-state index contributed by atoms with van der Waals surface area (Å²) < 4.78 is 13.9. The molecular formula is C15H24FNO. The zero-order valence-electron chi connectivity index (χ0n) is 11.3. The third-order valence-corrected chi connectivity index (χ3v) is 3.58. The largest absolute Gasteiger partial charge is 0.395 e. The van der Waals surface area contributed by atoms with Crippen LogP contribution in [0.4, 0.5) is 4.39 Å². The van der Waals surface area contributed by atoms with Crippen LogP contribution in [0.1, 0.15) is 38.7 Å². The van der Waals surface area contributed by atoms with Gasteiger partial charge in [-0.1, -0.05) is 44.9 Å². The minimum Gasteiger partial charge on any atom is -0.395 e. The molecule has 0 aromatic heterocycles. The summed E-state index contributed by atoms with van der Waals surface area (Å²) in [6, 6.07) is 6.61. The van der Waals surface area contributed by atoms with Crippen molar-refractivity contribution in [3.05, 3.63) is 35.6 Å². The Kier molecular flexibility index (Phi) is 5.76. The second kappa shape index (κ2) is 6.86. The molecule has 0 saturated heterocycles. The van der Waals surface area contributed by atoms with Gasteiger partial charge in [0.25, 0.3) is 0 Å². The molecule has 0 radical (unpaired) electrons. The fourth-order valence-corrected chi connectivity index (χ4v) is 2.32. The second-order valence-corrected chi connectivity index (χ2v) is 5.41. The Hall–Kier alpha value is -0.930. The van der Waals surface area contributed by atoms with E-state index in [1.54, 1.807) is 18.2 Å². The summed E-state index contributed by atoms with van der Waals surface area (Å²) in [4.78, 5) is 0. The summed E-state index contributed by atoms with van der Waals surface area (Å²) in [7, 11) is 0. The summed E-state index contributed by atoms with van der Waals surface area (Å²) in [6.45, 7) is 4.48. The molecule has 1 unspecified atom stereocenters. The summed E-state index contributed by atoms with van der Waals surface area (Å²) in [6.07, 6.45) is 2.74. The average Bonchev–Trinajstić information content (AvgIpc) is 2.36. The first-order chi connectivity index (χ1) is 8.55. The molecule has 1 aromatic carbocycles. The summed E-state index contributed by atoms with van der Waals surface area (Å²) in [5.41, 5.74) is 5.71. The average molecular weight is 253 g/mol. The molecule has 18 heavy (non-hydrogen) atoms. The molecule has 1 aromatic rings. The van der Waals surface area contributed by atoms with Crippen LogP contribution in [-0.4, -0.2) is 18.3 Å². The molecule has 3 N–H and O–H groups in total. The number of rotatable bonds is 7. The molecule has 0 aliphatic rings. The molecule has 0 bridgehead atoms. The van der Waals surface area contributed by atoms with Crippen LogP contribution in [0.2, 0.25) is 0 Å². The number of benzene rings is 1. The number of hydrogen-bond acceptors (Lipinski definition) is 2. The Balaban J connectivity index is 2.89. The van der Waals surface area contributed by atoms with E-state index in [0.717, 1.165) is 19.3 Å². The molecule has 0 aliphatic carbocycles. The van der Waals surface area contributed by atoms with Gasteiger partial charge in [0, 0.05) is 12.0 Å². The van der Waals surface area contributed by atoms with Crippen LogP contribution in [0.25, 0.3) is 0 Å². The van der Waals surface area contributed by atoms with E-state index in [9.17, 15) is 9.50 Å². The van der Waals surface area contributed by atoms with Gasteiger partial charge in [-0.05, 0) is 24.0 Å². The Morgan fingerprint density at radius 2 is 2.00 bits per heavy atom. The van der Waals surface area contributed by atoms with Crippen molar-refractivity contribution in [1.29, 1.82) is 0 Å². The first kappa shape index (κ1) is 15.1.